The molecule has 0 radical (unpaired) electrons. The minimum Gasteiger partial charge on any atom is -0.343 e. The van der Waals surface area contributed by atoms with Crippen LogP contribution in [0, 0.1) is 12.8 Å². The zero-order valence-electron chi connectivity index (χ0n) is 17.1. The molecule has 0 aliphatic carbocycles. The molecule has 2 heterocycles. The van der Waals surface area contributed by atoms with E-state index in [1.807, 2.05) is 42.2 Å². The largest absolute Gasteiger partial charge is 0.343 e. The standard InChI is InChI=1S/C23H31N3O2/c1-3-4-6-11-21(27)25-14-12-19(13-15-25)17-26-22(28)16-18(2)23(24-26)20-9-7-5-8-10-20/h5,7-10,16,19H,3-4,6,11-15,17H2,1-2H3. The molecule has 0 saturated carbocycles. The molecule has 1 amide bonds. The summed E-state index contributed by atoms with van der Waals surface area (Å²) in [5, 5.41) is 4.66. The van der Waals surface area contributed by atoms with E-state index >= 15 is 0 Å². The van der Waals surface area contributed by atoms with Gasteiger partial charge >= 0.3 is 0 Å². The van der Waals surface area contributed by atoms with Gasteiger partial charge in [0.05, 0.1) is 5.69 Å². The molecule has 1 saturated heterocycles. The van der Waals surface area contributed by atoms with Crippen LogP contribution in [0.15, 0.2) is 41.2 Å². The Balaban J connectivity index is 1.62. The van der Waals surface area contributed by atoms with Crippen molar-refractivity contribution in [2.45, 2.75) is 58.9 Å². The highest BCUT2D eigenvalue weighted by molar-refractivity contribution is 5.76. The van der Waals surface area contributed by atoms with E-state index in [0.29, 0.717) is 18.9 Å². The Hall–Kier alpha value is -2.43. The monoisotopic (exact) mass is 381 g/mol. The molecule has 0 unspecified atom stereocenters. The number of hydrogen-bond acceptors (Lipinski definition) is 3. The van der Waals surface area contributed by atoms with Crippen LogP contribution in [0.4, 0.5) is 0 Å². The average Bonchev–Trinajstić information content (AvgIpc) is 2.71. The number of unbranched alkanes of at least 4 members (excludes halogenated alkanes) is 2. The van der Waals surface area contributed by atoms with E-state index < -0.39 is 0 Å². The van der Waals surface area contributed by atoms with Crippen LogP contribution in [0.3, 0.4) is 0 Å². The maximum Gasteiger partial charge on any atom is 0.267 e. The summed E-state index contributed by atoms with van der Waals surface area (Å²) in [4.78, 5) is 26.7. The van der Waals surface area contributed by atoms with Crippen molar-refractivity contribution in [2.75, 3.05) is 13.1 Å². The number of carbonyl (C=O) groups excluding carboxylic acids is 1. The molecule has 0 atom stereocenters. The average molecular weight is 382 g/mol. The Morgan fingerprint density at radius 3 is 2.54 bits per heavy atom. The molecule has 28 heavy (non-hydrogen) atoms. The molecule has 1 fully saturated rings. The molecule has 0 bridgehead atoms. The lowest BCUT2D eigenvalue weighted by molar-refractivity contribution is -0.132. The Labute approximate surface area is 167 Å². The van der Waals surface area contributed by atoms with Crippen LogP contribution < -0.4 is 5.56 Å². The van der Waals surface area contributed by atoms with E-state index in [1.165, 1.54) is 0 Å². The minimum absolute atomic E-state index is 0.0461. The van der Waals surface area contributed by atoms with Gasteiger partial charge in [-0.05, 0) is 37.7 Å². The van der Waals surface area contributed by atoms with E-state index in [1.54, 1.807) is 10.7 Å². The summed E-state index contributed by atoms with van der Waals surface area (Å²) in [5.41, 5.74) is 2.75. The molecule has 150 valence electrons. The van der Waals surface area contributed by atoms with Crippen LogP contribution in [0.5, 0.6) is 0 Å². The van der Waals surface area contributed by atoms with Crippen LogP contribution >= 0.6 is 0 Å². The lowest BCUT2D eigenvalue weighted by Crippen LogP contribution is -2.40. The second-order valence-electron chi connectivity index (χ2n) is 7.84. The Kier molecular flexibility index (Phi) is 7.01. The van der Waals surface area contributed by atoms with Gasteiger partial charge in [0.1, 0.15) is 0 Å². The topological polar surface area (TPSA) is 55.2 Å². The quantitative estimate of drug-likeness (QED) is 0.680. The molecule has 0 spiro atoms. The highest BCUT2D eigenvalue weighted by Crippen LogP contribution is 2.22. The first-order valence-electron chi connectivity index (χ1n) is 10.5. The summed E-state index contributed by atoms with van der Waals surface area (Å²) < 4.78 is 1.61. The Bertz CT molecular complexity index is 837. The van der Waals surface area contributed by atoms with Crippen molar-refractivity contribution < 1.29 is 4.79 Å². The maximum absolute atomic E-state index is 12.5. The third-order valence-electron chi connectivity index (χ3n) is 5.63. The molecule has 0 N–H and O–H groups in total. The molecule has 5 heteroatoms. The smallest absolute Gasteiger partial charge is 0.267 e. The van der Waals surface area contributed by atoms with Crippen molar-refractivity contribution in [3.8, 4) is 11.3 Å². The third kappa shape index (κ3) is 5.09. The zero-order valence-corrected chi connectivity index (χ0v) is 17.1. The van der Waals surface area contributed by atoms with Gasteiger partial charge in [0.25, 0.3) is 5.56 Å². The maximum atomic E-state index is 12.5. The minimum atomic E-state index is -0.0461. The lowest BCUT2D eigenvalue weighted by atomic mass is 9.96. The normalized spacial score (nSPS) is 15.0. The first-order valence-corrected chi connectivity index (χ1v) is 10.5. The van der Waals surface area contributed by atoms with Crippen LogP contribution in [0.2, 0.25) is 0 Å². The molecular formula is C23H31N3O2. The molecule has 1 aromatic heterocycles. The number of benzene rings is 1. The summed E-state index contributed by atoms with van der Waals surface area (Å²) in [6.45, 7) is 6.30. The van der Waals surface area contributed by atoms with E-state index in [-0.39, 0.29) is 11.5 Å². The molecule has 1 aromatic carbocycles. The van der Waals surface area contributed by atoms with E-state index in [9.17, 15) is 9.59 Å². The number of hydrogen-bond donors (Lipinski definition) is 0. The van der Waals surface area contributed by atoms with Gasteiger partial charge in [-0.1, -0.05) is 50.1 Å². The van der Waals surface area contributed by atoms with Crippen molar-refractivity contribution in [1.29, 1.82) is 0 Å². The molecule has 3 rings (SSSR count). The lowest BCUT2D eigenvalue weighted by Gasteiger charge is -2.32. The van der Waals surface area contributed by atoms with Crippen molar-refractivity contribution >= 4 is 5.91 Å². The fraction of sp³-hybridized carbons (Fsp3) is 0.522. The second kappa shape index (κ2) is 9.67. The number of rotatable bonds is 7. The van der Waals surface area contributed by atoms with Crippen molar-refractivity contribution in [3.05, 3.63) is 52.3 Å². The number of aromatic nitrogens is 2. The van der Waals surface area contributed by atoms with E-state index in [0.717, 1.165) is 62.0 Å². The van der Waals surface area contributed by atoms with Crippen molar-refractivity contribution in [3.63, 3.8) is 0 Å². The number of amides is 1. The summed E-state index contributed by atoms with van der Waals surface area (Å²) >= 11 is 0. The second-order valence-corrected chi connectivity index (χ2v) is 7.84. The van der Waals surface area contributed by atoms with Gasteiger partial charge in [0, 0.05) is 37.7 Å². The fourth-order valence-electron chi connectivity index (χ4n) is 3.88. The molecule has 1 aliphatic heterocycles. The number of aryl methyl sites for hydroxylation is 1. The Morgan fingerprint density at radius 1 is 1.14 bits per heavy atom. The molecule has 1 aliphatic rings. The van der Waals surface area contributed by atoms with Crippen molar-refractivity contribution in [1.82, 2.24) is 14.7 Å². The first-order chi connectivity index (χ1) is 13.6. The fourth-order valence-corrected chi connectivity index (χ4v) is 3.88. The van der Waals surface area contributed by atoms with Gasteiger partial charge in [-0.25, -0.2) is 4.68 Å². The zero-order chi connectivity index (χ0) is 19.9. The highest BCUT2D eigenvalue weighted by Gasteiger charge is 2.23. The number of carbonyl (C=O) groups is 1. The molecule has 5 nitrogen and oxygen atoms in total. The van der Waals surface area contributed by atoms with Crippen molar-refractivity contribution in [2.24, 2.45) is 5.92 Å². The number of piperidine rings is 1. The van der Waals surface area contributed by atoms with Gasteiger partial charge in [0.2, 0.25) is 5.91 Å². The van der Waals surface area contributed by atoms with E-state index in [4.69, 9.17) is 0 Å². The molecular weight excluding hydrogens is 350 g/mol. The predicted octanol–water partition coefficient (Wildman–Crippen LogP) is 4.04. The van der Waals surface area contributed by atoms with Gasteiger partial charge in [-0.15, -0.1) is 0 Å². The number of likely N-dealkylation sites (tertiary alicyclic amines) is 1. The van der Waals surface area contributed by atoms with E-state index in [2.05, 4.69) is 12.0 Å². The number of nitrogens with zero attached hydrogens (tertiary/aromatic N) is 3. The SMILES string of the molecule is CCCCCC(=O)N1CCC(Cn2nc(-c3ccccc3)c(C)cc2=O)CC1. The summed E-state index contributed by atoms with van der Waals surface area (Å²) in [6.07, 6.45) is 5.77. The first kappa shape index (κ1) is 20.3. The van der Waals surface area contributed by atoms with Crippen LogP contribution in [0.1, 0.15) is 51.0 Å². The Morgan fingerprint density at radius 2 is 1.86 bits per heavy atom. The third-order valence-corrected chi connectivity index (χ3v) is 5.63. The molecule has 2 aromatic rings. The van der Waals surface area contributed by atoms with Crippen LogP contribution in [0.25, 0.3) is 11.3 Å². The van der Waals surface area contributed by atoms with Gasteiger partial charge in [-0.2, -0.15) is 5.10 Å². The van der Waals surface area contributed by atoms with Crippen LogP contribution in [-0.4, -0.2) is 33.7 Å². The van der Waals surface area contributed by atoms with Gasteiger partial charge in [0.15, 0.2) is 0 Å². The van der Waals surface area contributed by atoms with Gasteiger partial charge < -0.3 is 4.90 Å². The van der Waals surface area contributed by atoms with Gasteiger partial charge in [-0.3, -0.25) is 9.59 Å². The summed E-state index contributed by atoms with van der Waals surface area (Å²) in [5.74, 6) is 0.667. The highest BCUT2D eigenvalue weighted by atomic mass is 16.2. The summed E-state index contributed by atoms with van der Waals surface area (Å²) in [6, 6.07) is 11.7. The predicted molar refractivity (Wildman–Crippen MR) is 112 cm³/mol. The summed E-state index contributed by atoms with van der Waals surface area (Å²) in [7, 11) is 0. The van der Waals surface area contributed by atoms with Crippen LogP contribution in [-0.2, 0) is 11.3 Å².